The smallest absolute Gasteiger partial charge is 0.234 e. The lowest BCUT2D eigenvalue weighted by Crippen LogP contribution is -2.53. The number of hydrogen-bond donors (Lipinski definition) is 2. The summed E-state index contributed by atoms with van der Waals surface area (Å²) in [5.74, 6) is 0.269. The molecule has 1 aromatic carbocycles. The van der Waals surface area contributed by atoms with Gasteiger partial charge >= 0.3 is 0 Å². The topological polar surface area (TPSA) is 61.8 Å². The second-order valence-electron chi connectivity index (χ2n) is 7.04. The molecule has 24 heavy (non-hydrogen) atoms. The summed E-state index contributed by atoms with van der Waals surface area (Å²) in [6.45, 7) is 5.02. The molecule has 1 saturated heterocycles. The van der Waals surface area contributed by atoms with Crippen LogP contribution in [-0.4, -0.2) is 54.4 Å². The molecule has 1 saturated carbocycles. The minimum atomic E-state index is -0.255. The highest BCUT2D eigenvalue weighted by molar-refractivity contribution is 5.78. The van der Waals surface area contributed by atoms with Gasteiger partial charge in [0.05, 0.1) is 25.9 Å². The van der Waals surface area contributed by atoms with Crippen molar-refractivity contribution in [1.29, 1.82) is 0 Å². The average Bonchev–Trinajstić information content (AvgIpc) is 2.99. The summed E-state index contributed by atoms with van der Waals surface area (Å²) in [4.78, 5) is 14.5. The molecule has 3 atom stereocenters. The summed E-state index contributed by atoms with van der Waals surface area (Å²) in [5.41, 5.74) is 2.32. The molecule has 132 valence electrons. The molecule has 2 fully saturated rings. The minimum Gasteiger partial charge on any atom is -0.393 e. The number of aryl methyl sites for hydroxylation is 1. The second kappa shape index (κ2) is 8.10. The Morgan fingerprint density at radius 2 is 2.29 bits per heavy atom. The normalized spacial score (nSPS) is 28.0. The molecule has 0 bridgehead atoms. The van der Waals surface area contributed by atoms with E-state index >= 15 is 0 Å². The number of morpholine rings is 1. The third-order valence-electron chi connectivity index (χ3n) is 5.23. The van der Waals surface area contributed by atoms with E-state index in [1.54, 1.807) is 0 Å². The number of benzene rings is 1. The third kappa shape index (κ3) is 4.35. The predicted octanol–water partition coefficient (Wildman–Crippen LogP) is 1.47. The molecule has 1 aliphatic heterocycles. The molecule has 1 aliphatic carbocycles. The molecular formula is C19H28N2O3. The van der Waals surface area contributed by atoms with Gasteiger partial charge in [-0.25, -0.2) is 0 Å². The standard InChI is InChI=1S/C19H28N2O3/c1-14-4-2-5-15(10-14)11-20-19(23)12-21-8-9-24-13-17(21)16-6-3-7-18(16)22/h2,4-5,10,16-18,22H,3,6-9,11-13H2,1H3,(H,20,23)/t16-,17-,18-/m1/s1. The molecule has 5 nitrogen and oxygen atoms in total. The van der Waals surface area contributed by atoms with Crippen LogP contribution in [0.15, 0.2) is 24.3 Å². The summed E-state index contributed by atoms with van der Waals surface area (Å²) in [7, 11) is 0. The van der Waals surface area contributed by atoms with Gasteiger partial charge in [-0.3, -0.25) is 9.69 Å². The van der Waals surface area contributed by atoms with Gasteiger partial charge in [0.25, 0.3) is 0 Å². The fourth-order valence-corrected chi connectivity index (χ4v) is 3.93. The third-order valence-corrected chi connectivity index (χ3v) is 5.23. The maximum atomic E-state index is 12.4. The van der Waals surface area contributed by atoms with Gasteiger partial charge in [-0.1, -0.05) is 36.2 Å². The summed E-state index contributed by atoms with van der Waals surface area (Å²) >= 11 is 0. The monoisotopic (exact) mass is 332 g/mol. The van der Waals surface area contributed by atoms with Crippen LogP contribution in [0.4, 0.5) is 0 Å². The van der Waals surface area contributed by atoms with E-state index in [4.69, 9.17) is 4.74 Å². The molecule has 3 rings (SSSR count). The van der Waals surface area contributed by atoms with E-state index < -0.39 is 0 Å². The fraction of sp³-hybridized carbons (Fsp3) is 0.632. The lowest BCUT2D eigenvalue weighted by molar-refractivity contribution is -0.126. The van der Waals surface area contributed by atoms with Gasteiger partial charge in [-0.15, -0.1) is 0 Å². The van der Waals surface area contributed by atoms with E-state index in [2.05, 4.69) is 29.3 Å². The average molecular weight is 332 g/mol. The van der Waals surface area contributed by atoms with E-state index in [1.165, 1.54) is 5.56 Å². The van der Waals surface area contributed by atoms with Gasteiger partial charge in [-0.05, 0) is 25.3 Å². The lowest BCUT2D eigenvalue weighted by Gasteiger charge is -2.39. The molecule has 0 unspecified atom stereocenters. The van der Waals surface area contributed by atoms with Gasteiger partial charge in [-0.2, -0.15) is 0 Å². The number of amides is 1. The molecule has 2 aliphatic rings. The predicted molar refractivity (Wildman–Crippen MR) is 92.6 cm³/mol. The largest absolute Gasteiger partial charge is 0.393 e. The minimum absolute atomic E-state index is 0.0379. The first-order chi connectivity index (χ1) is 11.6. The molecule has 0 radical (unpaired) electrons. The zero-order valence-electron chi connectivity index (χ0n) is 14.4. The SMILES string of the molecule is Cc1cccc(CNC(=O)CN2CCOC[C@@H]2[C@H]2CCC[C@H]2O)c1. The van der Waals surface area contributed by atoms with Gasteiger partial charge in [0, 0.05) is 25.0 Å². The fourth-order valence-electron chi connectivity index (χ4n) is 3.93. The Balaban J connectivity index is 1.53. The number of nitrogens with zero attached hydrogens (tertiary/aromatic N) is 1. The van der Waals surface area contributed by atoms with Crippen molar-refractivity contribution in [2.45, 2.75) is 44.9 Å². The van der Waals surface area contributed by atoms with Crippen LogP contribution in [0, 0.1) is 12.8 Å². The Kier molecular flexibility index (Phi) is 5.87. The van der Waals surface area contributed by atoms with Crippen molar-refractivity contribution in [3.63, 3.8) is 0 Å². The number of ether oxygens (including phenoxy) is 1. The maximum Gasteiger partial charge on any atom is 0.234 e. The van der Waals surface area contributed by atoms with Gasteiger partial charge < -0.3 is 15.2 Å². The number of aliphatic hydroxyl groups is 1. The van der Waals surface area contributed by atoms with E-state index in [0.717, 1.165) is 31.4 Å². The molecule has 0 aromatic heterocycles. The van der Waals surface area contributed by atoms with E-state index in [9.17, 15) is 9.90 Å². The molecule has 1 heterocycles. The van der Waals surface area contributed by atoms with Crippen LogP contribution >= 0.6 is 0 Å². The molecule has 1 amide bonds. The first-order valence-corrected chi connectivity index (χ1v) is 8.95. The van der Waals surface area contributed by atoms with Crippen LogP contribution in [0.25, 0.3) is 0 Å². The molecule has 1 aromatic rings. The number of nitrogens with one attached hydrogen (secondary N) is 1. The Morgan fingerprint density at radius 1 is 1.42 bits per heavy atom. The first kappa shape index (κ1) is 17.4. The number of rotatable bonds is 5. The summed E-state index contributed by atoms with van der Waals surface area (Å²) in [6.07, 6.45) is 2.70. The highest BCUT2D eigenvalue weighted by atomic mass is 16.5. The Labute approximate surface area is 144 Å². The van der Waals surface area contributed by atoms with Crippen molar-refractivity contribution in [2.24, 2.45) is 5.92 Å². The van der Waals surface area contributed by atoms with Crippen molar-refractivity contribution in [2.75, 3.05) is 26.3 Å². The van der Waals surface area contributed by atoms with Crippen molar-refractivity contribution in [3.05, 3.63) is 35.4 Å². The van der Waals surface area contributed by atoms with E-state index in [-0.39, 0.29) is 24.0 Å². The summed E-state index contributed by atoms with van der Waals surface area (Å²) in [5, 5.41) is 13.2. The van der Waals surface area contributed by atoms with Crippen LogP contribution in [0.1, 0.15) is 30.4 Å². The number of carbonyl (C=O) groups is 1. The van der Waals surface area contributed by atoms with E-state index in [0.29, 0.717) is 26.3 Å². The Morgan fingerprint density at radius 3 is 3.04 bits per heavy atom. The summed E-state index contributed by atoms with van der Waals surface area (Å²) < 4.78 is 5.61. The van der Waals surface area contributed by atoms with Crippen LogP contribution in [0.3, 0.4) is 0 Å². The molecule has 5 heteroatoms. The van der Waals surface area contributed by atoms with Crippen molar-refractivity contribution in [3.8, 4) is 0 Å². The number of aliphatic hydroxyl groups excluding tert-OH is 1. The van der Waals surface area contributed by atoms with Crippen LogP contribution in [0.5, 0.6) is 0 Å². The second-order valence-corrected chi connectivity index (χ2v) is 7.04. The van der Waals surface area contributed by atoms with Crippen molar-refractivity contribution < 1.29 is 14.6 Å². The highest BCUT2D eigenvalue weighted by Gasteiger charge is 2.38. The number of carbonyl (C=O) groups excluding carboxylic acids is 1. The van der Waals surface area contributed by atoms with Crippen molar-refractivity contribution in [1.82, 2.24) is 10.2 Å². The van der Waals surface area contributed by atoms with Gasteiger partial charge in [0.1, 0.15) is 0 Å². The number of hydrogen-bond acceptors (Lipinski definition) is 4. The zero-order chi connectivity index (χ0) is 16.9. The highest BCUT2D eigenvalue weighted by Crippen LogP contribution is 2.32. The van der Waals surface area contributed by atoms with Crippen LogP contribution in [-0.2, 0) is 16.1 Å². The molecule has 0 spiro atoms. The maximum absolute atomic E-state index is 12.4. The summed E-state index contributed by atoms with van der Waals surface area (Å²) in [6, 6.07) is 8.33. The quantitative estimate of drug-likeness (QED) is 0.857. The van der Waals surface area contributed by atoms with Gasteiger partial charge in [0.2, 0.25) is 5.91 Å². The van der Waals surface area contributed by atoms with Crippen molar-refractivity contribution >= 4 is 5.91 Å². The van der Waals surface area contributed by atoms with Gasteiger partial charge in [0.15, 0.2) is 0 Å². The Bertz CT molecular complexity index is 563. The van der Waals surface area contributed by atoms with Crippen LogP contribution < -0.4 is 5.32 Å². The molecule has 2 N–H and O–H groups in total. The van der Waals surface area contributed by atoms with Crippen LogP contribution in [0.2, 0.25) is 0 Å². The Hall–Kier alpha value is -1.43. The zero-order valence-corrected chi connectivity index (χ0v) is 14.4. The lowest BCUT2D eigenvalue weighted by atomic mass is 9.94. The first-order valence-electron chi connectivity index (χ1n) is 8.95. The van der Waals surface area contributed by atoms with E-state index in [1.807, 2.05) is 12.1 Å². The molecular weight excluding hydrogens is 304 g/mol.